The zero-order chi connectivity index (χ0) is 19.6. The first-order valence-electron chi connectivity index (χ1n) is 8.21. The highest BCUT2D eigenvalue weighted by atomic mass is 79.9. The minimum Gasteiger partial charge on any atom is -0.496 e. The van der Waals surface area contributed by atoms with Gasteiger partial charge >= 0.3 is 0 Å². The fourth-order valence-electron chi connectivity index (χ4n) is 2.79. The molecule has 8 heteroatoms. The number of rotatable bonds is 5. The minimum absolute atomic E-state index is 0.109. The molecule has 0 saturated carbocycles. The number of hydrogen-bond acceptors (Lipinski definition) is 4. The van der Waals surface area contributed by atoms with Crippen molar-refractivity contribution in [1.29, 1.82) is 0 Å². The van der Waals surface area contributed by atoms with Gasteiger partial charge in [-0.25, -0.2) is 0 Å². The molecule has 5 nitrogen and oxygen atoms in total. The number of methoxy groups -OCH3 is 1. The number of thioether (sulfide) groups is 1. The van der Waals surface area contributed by atoms with E-state index in [1.807, 2.05) is 24.3 Å². The normalized spacial score (nSPS) is 15.7. The van der Waals surface area contributed by atoms with Crippen LogP contribution in [0.2, 0.25) is 5.02 Å². The predicted octanol–water partition coefficient (Wildman–Crippen LogP) is 4.57. The summed E-state index contributed by atoms with van der Waals surface area (Å²) in [4.78, 5) is 27.5. The smallest absolute Gasteiger partial charge is 0.238 e. The van der Waals surface area contributed by atoms with Gasteiger partial charge in [-0.2, -0.15) is 0 Å². The molecule has 0 aliphatic carbocycles. The molecule has 1 atom stereocenters. The van der Waals surface area contributed by atoms with Crippen LogP contribution >= 0.6 is 39.3 Å². The van der Waals surface area contributed by atoms with E-state index in [2.05, 4.69) is 21.2 Å². The molecule has 1 heterocycles. The summed E-state index contributed by atoms with van der Waals surface area (Å²) in [6.07, 6.45) is 0.116. The highest BCUT2D eigenvalue weighted by Gasteiger charge is 2.30. The molecule has 0 spiro atoms. The zero-order valence-electron chi connectivity index (χ0n) is 14.8. The molecule has 0 bridgehead atoms. The van der Waals surface area contributed by atoms with Gasteiger partial charge in [0, 0.05) is 40.0 Å². The highest BCUT2D eigenvalue weighted by Crippen LogP contribution is 2.38. The molecule has 142 valence electrons. The third-order valence-electron chi connectivity index (χ3n) is 4.20. The summed E-state index contributed by atoms with van der Waals surface area (Å²) >= 11 is 10.8. The Morgan fingerprint density at radius 1 is 1.33 bits per heavy atom. The lowest BCUT2D eigenvalue weighted by atomic mass is 10.1. The Balaban J connectivity index is 1.67. The van der Waals surface area contributed by atoms with Crippen molar-refractivity contribution in [3.8, 4) is 5.75 Å². The summed E-state index contributed by atoms with van der Waals surface area (Å²) in [6.45, 7) is 0.395. The maximum Gasteiger partial charge on any atom is 0.238 e. The average molecular weight is 470 g/mol. The Hall–Kier alpha value is -1.70. The van der Waals surface area contributed by atoms with E-state index in [0.717, 1.165) is 14.9 Å². The number of halogens is 2. The number of benzene rings is 2. The standard InChI is InChI=1S/C19H18BrClN2O3S/c1-23(10-11-7-12(20)3-5-15(11)26-2)18(24)9-17-19(25)22-14-8-13(21)4-6-16(14)27-17/h3-8,17H,9-10H2,1-2H3,(H,22,25)/t17-/m1/s1. The van der Waals surface area contributed by atoms with Gasteiger partial charge in [-0.1, -0.05) is 27.5 Å². The van der Waals surface area contributed by atoms with E-state index in [-0.39, 0.29) is 18.2 Å². The molecule has 0 fully saturated rings. The quantitative estimate of drug-likeness (QED) is 0.697. The van der Waals surface area contributed by atoms with E-state index < -0.39 is 5.25 Å². The molecule has 0 aromatic heterocycles. The molecular weight excluding hydrogens is 452 g/mol. The molecule has 1 N–H and O–H groups in total. The zero-order valence-corrected chi connectivity index (χ0v) is 18.0. The van der Waals surface area contributed by atoms with Gasteiger partial charge in [-0.05, 0) is 36.4 Å². The summed E-state index contributed by atoms with van der Waals surface area (Å²) in [7, 11) is 3.32. The first-order valence-corrected chi connectivity index (χ1v) is 10.3. The molecule has 0 saturated heterocycles. The van der Waals surface area contributed by atoms with E-state index in [9.17, 15) is 9.59 Å². The summed E-state index contributed by atoms with van der Waals surface area (Å²) in [5.41, 5.74) is 1.58. The summed E-state index contributed by atoms with van der Waals surface area (Å²) in [5.74, 6) is 0.423. The van der Waals surface area contributed by atoms with Crippen molar-refractivity contribution < 1.29 is 14.3 Å². The topological polar surface area (TPSA) is 58.6 Å². The first-order chi connectivity index (χ1) is 12.9. The van der Waals surface area contributed by atoms with E-state index in [4.69, 9.17) is 16.3 Å². The molecular formula is C19H18BrClN2O3S. The summed E-state index contributed by atoms with van der Waals surface area (Å²) < 4.78 is 6.27. The maximum atomic E-state index is 12.7. The van der Waals surface area contributed by atoms with Crippen LogP contribution in [-0.4, -0.2) is 36.1 Å². The number of amides is 2. The van der Waals surface area contributed by atoms with Crippen LogP contribution in [0.25, 0.3) is 0 Å². The van der Waals surface area contributed by atoms with Crippen molar-refractivity contribution in [2.45, 2.75) is 23.1 Å². The van der Waals surface area contributed by atoms with Gasteiger partial charge in [0.1, 0.15) is 5.75 Å². The Morgan fingerprint density at radius 2 is 2.11 bits per heavy atom. The number of nitrogens with zero attached hydrogens (tertiary/aromatic N) is 1. The first kappa shape index (κ1) is 20.0. The van der Waals surface area contributed by atoms with Gasteiger partial charge < -0.3 is 15.0 Å². The Labute approximate surface area is 175 Å². The second kappa shape index (κ2) is 8.54. The van der Waals surface area contributed by atoms with E-state index >= 15 is 0 Å². The van der Waals surface area contributed by atoms with Crippen LogP contribution in [-0.2, 0) is 16.1 Å². The molecule has 1 aliphatic rings. The largest absolute Gasteiger partial charge is 0.496 e. The lowest BCUT2D eigenvalue weighted by molar-refractivity contribution is -0.131. The number of carbonyl (C=O) groups excluding carboxylic acids is 2. The van der Waals surface area contributed by atoms with Crippen LogP contribution in [0.3, 0.4) is 0 Å². The lowest BCUT2D eigenvalue weighted by Gasteiger charge is -2.26. The van der Waals surface area contributed by atoms with Gasteiger partial charge in [-0.3, -0.25) is 9.59 Å². The van der Waals surface area contributed by atoms with Gasteiger partial charge in [0.25, 0.3) is 0 Å². The molecule has 0 unspecified atom stereocenters. The fraction of sp³-hybridized carbons (Fsp3) is 0.263. The van der Waals surface area contributed by atoms with Crippen molar-refractivity contribution in [3.05, 3.63) is 51.5 Å². The third kappa shape index (κ3) is 4.78. The second-order valence-electron chi connectivity index (χ2n) is 6.15. The van der Waals surface area contributed by atoms with Crippen molar-refractivity contribution >= 4 is 56.8 Å². The fourth-order valence-corrected chi connectivity index (χ4v) is 4.45. The average Bonchev–Trinajstić information content (AvgIpc) is 2.62. The van der Waals surface area contributed by atoms with Crippen LogP contribution in [0, 0.1) is 0 Å². The monoisotopic (exact) mass is 468 g/mol. The molecule has 2 aromatic carbocycles. The number of fused-ring (bicyclic) bond motifs is 1. The lowest BCUT2D eigenvalue weighted by Crippen LogP contribution is -2.35. The van der Waals surface area contributed by atoms with E-state index in [0.29, 0.717) is 23.0 Å². The van der Waals surface area contributed by atoms with Gasteiger partial charge in [0.15, 0.2) is 0 Å². The molecule has 2 amide bonds. The Bertz CT molecular complexity index is 893. The second-order valence-corrected chi connectivity index (χ2v) is 8.74. The van der Waals surface area contributed by atoms with Gasteiger partial charge in [0.2, 0.25) is 11.8 Å². The number of ether oxygens (including phenoxy) is 1. The Kier molecular flexibility index (Phi) is 6.34. The van der Waals surface area contributed by atoms with Crippen molar-refractivity contribution in [1.82, 2.24) is 4.90 Å². The SMILES string of the molecule is COc1ccc(Br)cc1CN(C)C(=O)C[C@H]1Sc2ccc(Cl)cc2NC1=O. The van der Waals surface area contributed by atoms with Crippen LogP contribution in [0.1, 0.15) is 12.0 Å². The van der Waals surface area contributed by atoms with Gasteiger partial charge in [0.05, 0.1) is 18.0 Å². The predicted molar refractivity (Wildman–Crippen MR) is 112 cm³/mol. The van der Waals surface area contributed by atoms with Crippen LogP contribution in [0.4, 0.5) is 5.69 Å². The van der Waals surface area contributed by atoms with Crippen LogP contribution in [0.5, 0.6) is 5.75 Å². The highest BCUT2D eigenvalue weighted by molar-refractivity contribution is 9.10. The molecule has 0 radical (unpaired) electrons. The van der Waals surface area contributed by atoms with Crippen molar-refractivity contribution in [2.75, 3.05) is 19.5 Å². The Morgan fingerprint density at radius 3 is 2.85 bits per heavy atom. The molecule has 27 heavy (non-hydrogen) atoms. The number of nitrogens with one attached hydrogen (secondary N) is 1. The molecule has 3 rings (SSSR count). The minimum atomic E-state index is -0.474. The summed E-state index contributed by atoms with van der Waals surface area (Å²) in [5, 5.41) is 2.92. The van der Waals surface area contributed by atoms with Crippen LogP contribution in [0.15, 0.2) is 45.8 Å². The number of carbonyl (C=O) groups is 2. The van der Waals surface area contributed by atoms with E-state index in [1.165, 1.54) is 11.8 Å². The summed E-state index contributed by atoms with van der Waals surface area (Å²) in [6, 6.07) is 11.0. The van der Waals surface area contributed by atoms with E-state index in [1.54, 1.807) is 31.2 Å². The molecule has 1 aliphatic heterocycles. The van der Waals surface area contributed by atoms with Crippen LogP contribution < -0.4 is 10.1 Å². The van der Waals surface area contributed by atoms with Crippen molar-refractivity contribution in [2.24, 2.45) is 0 Å². The maximum absolute atomic E-state index is 12.7. The third-order valence-corrected chi connectivity index (χ3v) is 6.20. The number of anilines is 1. The van der Waals surface area contributed by atoms with Gasteiger partial charge in [-0.15, -0.1) is 11.8 Å². The van der Waals surface area contributed by atoms with Crippen molar-refractivity contribution in [3.63, 3.8) is 0 Å². The number of hydrogen-bond donors (Lipinski definition) is 1. The molecule has 2 aromatic rings.